The van der Waals surface area contributed by atoms with Crippen molar-refractivity contribution in [1.82, 2.24) is 19.6 Å². The van der Waals surface area contributed by atoms with Crippen molar-refractivity contribution in [2.45, 2.75) is 31.9 Å². The van der Waals surface area contributed by atoms with Gasteiger partial charge in [-0.05, 0) is 19.8 Å². The third kappa shape index (κ3) is 2.08. The van der Waals surface area contributed by atoms with Gasteiger partial charge in [0.05, 0.1) is 6.10 Å². The highest BCUT2D eigenvalue weighted by atomic mass is 16.5. The Kier molecular flexibility index (Phi) is 2.64. The number of hydrogen-bond acceptors (Lipinski definition) is 5. The van der Waals surface area contributed by atoms with Crippen molar-refractivity contribution in [3.63, 3.8) is 0 Å². The largest absolute Gasteiger partial charge is 0.378 e. The molecule has 17 heavy (non-hydrogen) atoms. The van der Waals surface area contributed by atoms with Crippen molar-refractivity contribution in [2.75, 3.05) is 11.9 Å². The van der Waals surface area contributed by atoms with Crippen molar-refractivity contribution in [1.29, 1.82) is 0 Å². The van der Waals surface area contributed by atoms with Crippen LogP contribution in [0.25, 0.3) is 5.65 Å². The Morgan fingerprint density at radius 3 is 3.35 bits per heavy atom. The van der Waals surface area contributed by atoms with Gasteiger partial charge in [0.2, 0.25) is 5.65 Å². The Labute approximate surface area is 99.0 Å². The quantitative estimate of drug-likeness (QED) is 0.841. The fourth-order valence-corrected chi connectivity index (χ4v) is 2.18. The lowest BCUT2D eigenvalue weighted by molar-refractivity contribution is 0.0232. The molecule has 0 aliphatic carbocycles. The average molecular weight is 233 g/mol. The third-order valence-corrected chi connectivity index (χ3v) is 3.04. The molecule has 2 unspecified atom stereocenters. The zero-order valence-electron chi connectivity index (χ0n) is 9.71. The van der Waals surface area contributed by atoms with Crippen LogP contribution < -0.4 is 5.32 Å². The summed E-state index contributed by atoms with van der Waals surface area (Å²) in [5, 5.41) is 11.4. The van der Waals surface area contributed by atoms with Gasteiger partial charge < -0.3 is 10.1 Å². The predicted molar refractivity (Wildman–Crippen MR) is 62.8 cm³/mol. The van der Waals surface area contributed by atoms with Gasteiger partial charge in [0.25, 0.3) is 0 Å². The van der Waals surface area contributed by atoms with E-state index in [1.165, 1.54) is 0 Å². The minimum absolute atomic E-state index is 0.304. The molecular weight excluding hydrogens is 218 g/mol. The van der Waals surface area contributed by atoms with Gasteiger partial charge in [0.1, 0.15) is 6.33 Å². The van der Waals surface area contributed by atoms with E-state index in [0.29, 0.717) is 12.1 Å². The third-order valence-electron chi connectivity index (χ3n) is 3.04. The van der Waals surface area contributed by atoms with Crippen molar-refractivity contribution < 1.29 is 4.74 Å². The number of rotatable bonds is 2. The van der Waals surface area contributed by atoms with E-state index in [1.807, 2.05) is 10.6 Å². The molecule has 2 atom stereocenters. The molecule has 6 nitrogen and oxygen atoms in total. The number of aromatic nitrogens is 4. The molecule has 3 rings (SSSR count). The summed E-state index contributed by atoms with van der Waals surface area (Å²) in [7, 11) is 0. The van der Waals surface area contributed by atoms with E-state index in [1.54, 1.807) is 12.5 Å². The van der Waals surface area contributed by atoms with Crippen LogP contribution in [-0.4, -0.2) is 38.3 Å². The average Bonchev–Trinajstić information content (AvgIpc) is 2.78. The van der Waals surface area contributed by atoms with E-state index < -0.39 is 0 Å². The van der Waals surface area contributed by atoms with Crippen molar-refractivity contribution >= 4 is 11.5 Å². The number of nitrogens with one attached hydrogen (secondary N) is 1. The Hall–Kier alpha value is -1.69. The second kappa shape index (κ2) is 4.29. The molecule has 6 heteroatoms. The standard InChI is InChI=1S/C11H15N5O/c1-8-6-9(2-5-17-8)14-10-11-15-13-7-16(11)4-3-12-10/h3-4,7-9H,2,5-6H2,1H3,(H,12,14). The molecule has 0 spiro atoms. The first-order valence-electron chi connectivity index (χ1n) is 5.85. The first kappa shape index (κ1) is 10.5. The van der Waals surface area contributed by atoms with Crippen LogP contribution in [0, 0.1) is 0 Å². The van der Waals surface area contributed by atoms with Crippen molar-refractivity contribution in [2.24, 2.45) is 0 Å². The minimum Gasteiger partial charge on any atom is -0.378 e. The number of anilines is 1. The highest BCUT2D eigenvalue weighted by molar-refractivity contribution is 5.61. The summed E-state index contributed by atoms with van der Waals surface area (Å²) in [5.74, 6) is 0.795. The zero-order chi connectivity index (χ0) is 11.7. The van der Waals surface area contributed by atoms with E-state index in [2.05, 4.69) is 27.4 Å². The maximum absolute atomic E-state index is 5.52. The van der Waals surface area contributed by atoms with Crippen molar-refractivity contribution in [3.8, 4) is 0 Å². The molecule has 90 valence electrons. The summed E-state index contributed by atoms with van der Waals surface area (Å²) >= 11 is 0. The SMILES string of the molecule is CC1CC(Nc2nccn3cnnc23)CCO1. The fraction of sp³-hybridized carbons (Fsp3) is 0.545. The minimum atomic E-state index is 0.304. The summed E-state index contributed by atoms with van der Waals surface area (Å²) in [4.78, 5) is 4.32. The van der Waals surface area contributed by atoms with Gasteiger partial charge >= 0.3 is 0 Å². The van der Waals surface area contributed by atoms with E-state index in [-0.39, 0.29) is 0 Å². The molecule has 0 saturated carbocycles. The lowest BCUT2D eigenvalue weighted by Crippen LogP contribution is -2.32. The molecule has 0 amide bonds. The molecule has 1 fully saturated rings. The first-order chi connectivity index (χ1) is 8.33. The predicted octanol–water partition coefficient (Wildman–Crippen LogP) is 1.10. The number of ether oxygens (including phenoxy) is 1. The van der Waals surface area contributed by atoms with Gasteiger partial charge in [-0.15, -0.1) is 10.2 Å². The van der Waals surface area contributed by atoms with Gasteiger partial charge in [-0.2, -0.15) is 0 Å². The number of hydrogen-bond donors (Lipinski definition) is 1. The van der Waals surface area contributed by atoms with Gasteiger partial charge in [-0.1, -0.05) is 0 Å². The van der Waals surface area contributed by atoms with Crippen LogP contribution in [0.5, 0.6) is 0 Å². The molecule has 1 saturated heterocycles. The molecular formula is C11H15N5O. The highest BCUT2D eigenvalue weighted by Crippen LogP contribution is 2.19. The van der Waals surface area contributed by atoms with E-state index >= 15 is 0 Å². The fourth-order valence-electron chi connectivity index (χ4n) is 2.18. The van der Waals surface area contributed by atoms with Gasteiger partial charge in [-0.25, -0.2) is 4.98 Å². The van der Waals surface area contributed by atoms with E-state index in [9.17, 15) is 0 Å². The second-order valence-electron chi connectivity index (χ2n) is 4.38. The Morgan fingerprint density at radius 1 is 1.53 bits per heavy atom. The monoisotopic (exact) mass is 233 g/mol. The normalized spacial score (nSPS) is 25.0. The van der Waals surface area contributed by atoms with E-state index in [0.717, 1.165) is 30.9 Å². The Balaban J connectivity index is 1.82. The maximum Gasteiger partial charge on any atom is 0.203 e. The molecule has 1 N–H and O–H groups in total. The topological polar surface area (TPSA) is 64.3 Å². The van der Waals surface area contributed by atoms with Crippen LogP contribution in [-0.2, 0) is 4.74 Å². The first-order valence-corrected chi connectivity index (χ1v) is 5.85. The maximum atomic E-state index is 5.52. The van der Waals surface area contributed by atoms with Crippen LogP contribution >= 0.6 is 0 Å². The summed E-state index contributed by atoms with van der Waals surface area (Å²) < 4.78 is 7.38. The lowest BCUT2D eigenvalue weighted by Gasteiger charge is -2.28. The summed E-state index contributed by atoms with van der Waals surface area (Å²) in [6.07, 6.45) is 7.57. The highest BCUT2D eigenvalue weighted by Gasteiger charge is 2.20. The summed E-state index contributed by atoms with van der Waals surface area (Å²) in [5.41, 5.74) is 0.770. The van der Waals surface area contributed by atoms with Crippen LogP contribution in [0.15, 0.2) is 18.7 Å². The smallest absolute Gasteiger partial charge is 0.203 e. The lowest BCUT2D eigenvalue weighted by atomic mass is 10.0. The van der Waals surface area contributed by atoms with Crippen LogP contribution in [0.1, 0.15) is 19.8 Å². The zero-order valence-corrected chi connectivity index (χ0v) is 9.71. The molecule has 2 aromatic heterocycles. The molecule has 1 aliphatic heterocycles. The van der Waals surface area contributed by atoms with Gasteiger partial charge in [-0.3, -0.25) is 4.40 Å². The van der Waals surface area contributed by atoms with Gasteiger partial charge in [0.15, 0.2) is 5.82 Å². The van der Waals surface area contributed by atoms with Crippen LogP contribution in [0.3, 0.4) is 0 Å². The Bertz CT molecular complexity index is 511. The van der Waals surface area contributed by atoms with Crippen LogP contribution in [0.4, 0.5) is 5.82 Å². The summed E-state index contributed by atoms with van der Waals surface area (Å²) in [6.45, 7) is 2.90. The second-order valence-corrected chi connectivity index (χ2v) is 4.38. The Morgan fingerprint density at radius 2 is 2.47 bits per heavy atom. The molecule has 2 aromatic rings. The molecule has 1 aliphatic rings. The van der Waals surface area contributed by atoms with Gasteiger partial charge in [0, 0.05) is 25.0 Å². The van der Waals surface area contributed by atoms with E-state index in [4.69, 9.17) is 4.74 Å². The number of nitrogens with zero attached hydrogens (tertiary/aromatic N) is 4. The molecule has 0 bridgehead atoms. The molecule has 3 heterocycles. The van der Waals surface area contributed by atoms with Crippen molar-refractivity contribution in [3.05, 3.63) is 18.7 Å². The summed E-state index contributed by atoms with van der Waals surface area (Å²) in [6, 6.07) is 0.397. The molecule has 0 radical (unpaired) electrons. The number of fused-ring (bicyclic) bond motifs is 1. The van der Waals surface area contributed by atoms with Crippen LogP contribution in [0.2, 0.25) is 0 Å². The molecule has 0 aromatic carbocycles.